The summed E-state index contributed by atoms with van der Waals surface area (Å²) in [5, 5.41) is 0. The Morgan fingerprint density at radius 2 is 1.70 bits per heavy atom. The van der Waals surface area contributed by atoms with Crippen molar-refractivity contribution < 1.29 is 22.7 Å². The second kappa shape index (κ2) is 9.54. The minimum Gasteiger partial charge on any atom is -0.490 e. The van der Waals surface area contributed by atoms with Gasteiger partial charge in [0.25, 0.3) is 5.91 Å². The van der Waals surface area contributed by atoms with Crippen LogP contribution in [-0.2, 0) is 10.0 Å². The topological polar surface area (TPSA) is 109 Å². The van der Waals surface area contributed by atoms with Gasteiger partial charge in [0, 0.05) is 31.7 Å². The molecule has 0 unspecified atom stereocenters. The standard InChI is InChI=1S/C22H25N3O6S2/c1-3-30-18-8-5-15(13-19(18)31-4-2)21(26)24-9-11-25(12-10-24)33(28,29)16-6-7-17-20(14-16)32-22(27)23-17/h5-8,13-14H,3-4,9-12H2,1-2H3,(H,23,27). The van der Waals surface area contributed by atoms with Crippen LogP contribution in [0.1, 0.15) is 24.2 Å². The second-order valence-corrected chi connectivity index (χ2v) is 10.3. The number of amides is 1. The van der Waals surface area contributed by atoms with Crippen molar-refractivity contribution in [2.24, 2.45) is 0 Å². The van der Waals surface area contributed by atoms with E-state index in [4.69, 9.17) is 9.47 Å². The second-order valence-electron chi connectivity index (χ2n) is 7.40. The van der Waals surface area contributed by atoms with Crippen LogP contribution in [0, 0.1) is 0 Å². The summed E-state index contributed by atoms with van der Waals surface area (Å²) < 4.78 is 39.3. The number of aromatic nitrogens is 1. The van der Waals surface area contributed by atoms with Gasteiger partial charge >= 0.3 is 4.87 Å². The van der Waals surface area contributed by atoms with E-state index in [-0.39, 0.29) is 41.9 Å². The molecule has 9 nitrogen and oxygen atoms in total. The average molecular weight is 492 g/mol. The number of thiazole rings is 1. The van der Waals surface area contributed by atoms with Gasteiger partial charge in [-0.15, -0.1) is 0 Å². The first-order valence-corrected chi connectivity index (χ1v) is 12.9. The van der Waals surface area contributed by atoms with Crippen LogP contribution >= 0.6 is 11.3 Å². The molecule has 1 aromatic heterocycles. The molecule has 1 amide bonds. The number of hydrogen-bond donors (Lipinski definition) is 1. The van der Waals surface area contributed by atoms with Crippen molar-refractivity contribution in [3.63, 3.8) is 0 Å². The van der Waals surface area contributed by atoms with Gasteiger partial charge in [0.1, 0.15) is 0 Å². The lowest BCUT2D eigenvalue weighted by atomic mass is 10.1. The number of rotatable bonds is 7. The zero-order valence-corrected chi connectivity index (χ0v) is 20.0. The SMILES string of the molecule is CCOc1ccc(C(=O)N2CCN(S(=O)(=O)c3ccc4[nH]c(=O)sc4c3)CC2)cc1OCC. The summed E-state index contributed by atoms with van der Waals surface area (Å²) in [4.78, 5) is 28.8. The zero-order valence-electron chi connectivity index (χ0n) is 18.4. The first-order chi connectivity index (χ1) is 15.8. The number of piperazine rings is 1. The van der Waals surface area contributed by atoms with Crippen LogP contribution in [0.15, 0.2) is 46.1 Å². The maximum Gasteiger partial charge on any atom is 0.305 e. The van der Waals surface area contributed by atoms with Crippen molar-refractivity contribution in [2.75, 3.05) is 39.4 Å². The van der Waals surface area contributed by atoms with E-state index >= 15 is 0 Å². The minimum atomic E-state index is -3.73. The average Bonchev–Trinajstić information content (AvgIpc) is 3.19. The summed E-state index contributed by atoms with van der Waals surface area (Å²) in [6.07, 6.45) is 0. The maximum atomic E-state index is 13.1. The van der Waals surface area contributed by atoms with Crippen LogP contribution in [-0.4, -0.2) is 67.9 Å². The van der Waals surface area contributed by atoms with E-state index < -0.39 is 10.0 Å². The number of aromatic amines is 1. The number of nitrogens with zero attached hydrogens (tertiary/aromatic N) is 2. The third kappa shape index (κ3) is 4.75. The van der Waals surface area contributed by atoms with Gasteiger partial charge in [-0.3, -0.25) is 9.59 Å². The first kappa shape index (κ1) is 23.3. The van der Waals surface area contributed by atoms with Gasteiger partial charge in [0.15, 0.2) is 11.5 Å². The van der Waals surface area contributed by atoms with Crippen molar-refractivity contribution in [3.8, 4) is 11.5 Å². The normalized spacial score (nSPS) is 15.0. The Labute approximate surface area is 195 Å². The Bertz CT molecular complexity index is 1320. The van der Waals surface area contributed by atoms with Crippen LogP contribution in [0.25, 0.3) is 10.2 Å². The molecule has 176 valence electrons. The Kier molecular flexibility index (Phi) is 6.73. The van der Waals surface area contributed by atoms with Crippen molar-refractivity contribution in [3.05, 3.63) is 51.6 Å². The Hall–Kier alpha value is -2.89. The number of ether oxygens (including phenoxy) is 2. The summed E-state index contributed by atoms with van der Waals surface area (Å²) in [5.41, 5.74) is 1.08. The van der Waals surface area contributed by atoms with E-state index in [1.54, 1.807) is 29.2 Å². The fourth-order valence-electron chi connectivity index (χ4n) is 3.73. The lowest BCUT2D eigenvalue weighted by Gasteiger charge is -2.34. The zero-order chi connectivity index (χ0) is 23.6. The highest BCUT2D eigenvalue weighted by Crippen LogP contribution is 2.29. The molecule has 33 heavy (non-hydrogen) atoms. The van der Waals surface area contributed by atoms with Crippen LogP contribution in [0.2, 0.25) is 0 Å². The van der Waals surface area contributed by atoms with E-state index in [9.17, 15) is 18.0 Å². The molecule has 2 aromatic carbocycles. The summed E-state index contributed by atoms with van der Waals surface area (Å²) in [5.74, 6) is 0.902. The molecule has 0 atom stereocenters. The fraction of sp³-hybridized carbons (Fsp3) is 0.364. The molecule has 1 fully saturated rings. The number of H-pyrrole nitrogens is 1. The summed E-state index contributed by atoms with van der Waals surface area (Å²) in [7, 11) is -3.73. The summed E-state index contributed by atoms with van der Waals surface area (Å²) >= 11 is 0.973. The Morgan fingerprint density at radius 1 is 1.00 bits per heavy atom. The lowest BCUT2D eigenvalue weighted by molar-refractivity contribution is 0.0697. The van der Waals surface area contributed by atoms with Crippen molar-refractivity contribution in [1.29, 1.82) is 0 Å². The number of carbonyl (C=O) groups excluding carboxylic acids is 1. The van der Waals surface area contributed by atoms with Crippen molar-refractivity contribution >= 4 is 37.5 Å². The Morgan fingerprint density at radius 3 is 2.39 bits per heavy atom. The summed E-state index contributed by atoms with van der Waals surface area (Å²) in [6.45, 7) is 5.58. The van der Waals surface area contributed by atoms with Gasteiger partial charge in [-0.2, -0.15) is 4.31 Å². The van der Waals surface area contributed by atoms with E-state index in [0.29, 0.717) is 40.5 Å². The van der Waals surface area contributed by atoms with Crippen LogP contribution < -0.4 is 14.3 Å². The number of nitrogens with one attached hydrogen (secondary N) is 1. The smallest absolute Gasteiger partial charge is 0.305 e. The molecule has 2 heterocycles. The molecule has 1 aliphatic rings. The molecule has 0 saturated carbocycles. The number of carbonyl (C=O) groups is 1. The molecule has 11 heteroatoms. The third-order valence-corrected chi connectivity index (χ3v) is 8.09. The van der Waals surface area contributed by atoms with E-state index in [1.807, 2.05) is 13.8 Å². The maximum absolute atomic E-state index is 13.1. The fourth-order valence-corrected chi connectivity index (χ4v) is 6.03. The summed E-state index contributed by atoms with van der Waals surface area (Å²) in [6, 6.07) is 9.68. The van der Waals surface area contributed by atoms with E-state index in [2.05, 4.69) is 4.98 Å². The largest absolute Gasteiger partial charge is 0.490 e. The monoisotopic (exact) mass is 491 g/mol. The van der Waals surface area contributed by atoms with E-state index in [1.165, 1.54) is 16.4 Å². The number of fused-ring (bicyclic) bond motifs is 1. The third-order valence-electron chi connectivity index (χ3n) is 5.35. The lowest BCUT2D eigenvalue weighted by Crippen LogP contribution is -2.50. The van der Waals surface area contributed by atoms with E-state index in [0.717, 1.165) is 11.3 Å². The number of sulfonamides is 1. The van der Waals surface area contributed by atoms with Gasteiger partial charge < -0.3 is 19.4 Å². The highest BCUT2D eigenvalue weighted by atomic mass is 32.2. The molecule has 1 aliphatic heterocycles. The van der Waals surface area contributed by atoms with Gasteiger partial charge in [0.05, 0.1) is 28.3 Å². The first-order valence-electron chi connectivity index (χ1n) is 10.7. The number of hydrogen-bond acceptors (Lipinski definition) is 7. The predicted octanol–water partition coefficient (Wildman–Crippen LogP) is 2.53. The molecule has 0 bridgehead atoms. The van der Waals surface area contributed by atoms with Crippen LogP contribution in [0.3, 0.4) is 0 Å². The molecule has 1 N–H and O–H groups in total. The quantitative estimate of drug-likeness (QED) is 0.544. The molecule has 0 aliphatic carbocycles. The molecular weight excluding hydrogens is 466 g/mol. The van der Waals surface area contributed by atoms with Gasteiger partial charge in [0.2, 0.25) is 10.0 Å². The van der Waals surface area contributed by atoms with Crippen LogP contribution in [0.4, 0.5) is 0 Å². The highest BCUT2D eigenvalue weighted by molar-refractivity contribution is 7.89. The molecule has 3 aromatic rings. The van der Waals surface area contributed by atoms with Crippen LogP contribution in [0.5, 0.6) is 11.5 Å². The molecule has 0 spiro atoms. The van der Waals surface area contributed by atoms with Gasteiger partial charge in [-0.05, 0) is 50.2 Å². The molecule has 1 saturated heterocycles. The van der Waals surface area contributed by atoms with Gasteiger partial charge in [-0.25, -0.2) is 8.42 Å². The molecule has 0 radical (unpaired) electrons. The Balaban J connectivity index is 1.47. The minimum absolute atomic E-state index is 0.137. The number of benzene rings is 2. The highest BCUT2D eigenvalue weighted by Gasteiger charge is 2.31. The van der Waals surface area contributed by atoms with Crippen molar-refractivity contribution in [2.45, 2.75) is 18.7 Å². The van der Waals surface area contributed by atoms with Gasteiger partial charge in [-0.1, -0.05) is 11.3 Å². The molecule has 4 rings (SSSR count). The predicted molar refractivity (Wildman–Crippen MR) is 126 cm³/mol. The molecular formula is C22H25N3O6S2. The van der Waals surface area contributed by atoms with Crippen molar-refractivity contribution in [1.82, 2.24) is 14.2 Å².